The maximum atomic E-state index is 6.30. The minimum atomic E-state index is 0.614. The molecule has 0 amide bonds. The number of hydrogen-bond donors (Lipinski definition) is 0. The Bertz CT molecular complexity index is 345. The van der Waals surface area contributed by atoms with Crippen LogP contribution in [0.4, 0.5) is 0 Å². The van der Waals surface area contributed by atoms with Gasteiger partial charge in [0, 0.05) is 5.02 Å². The summed E-state index contributed by atoms with van der Waals surface area (Å²) in [6.45, 7) is 4.23. The largest absolute Gasteiger partial charge is 0.0837 e. The van der Waals surface area contributed by atoms with Crippen molar-refractivity contribution in [3.8, 4) is 0 Å². The van der Waals surface area contributed by atoms with Crippen molar-refractivity contribution in [1.82, 2.24) is 0 Å². The molecule has 0 saturated carbocycles. The molecule has 0 spiro atoms. The standard InChI is InChI=1S/C12H15Cl3/c1-3-5-8-7-10(13)12(15)9(6-4-2)11(8)14/h7H,3-6H2,1-2H3. The van der Waals surface area contributed by atoms with Gasteiger partial charge in [-0.25, -0.2) is 0 Å². The normalized spacial score (nSPS) is 10.7. The molecule has 0 unspecified atom stereocenters. The van der Waals surface area contributed by atoms with Crippen LogP contribution in [0, 0.1) is 0 Å². The second-order valence-electron chi connectivity index (χ2n) is 3.62. The molecule has 0 aromatic heterocycles. The Hall–Kier alpha value is 0.0900. The fraction of sp³-hybridized carbons (Fsp3) is 0.500. The summed E-state index contributed by atoms with van der Waals surface area (Å²) in [5.74, 6) is 0. The van der Waals surface area contributed by atoms with Gasteiger partial charge in [0.05, 0.1) is 10.0 Å². The van der Waals surface area contributed by atoms with E-state index in [1.807, 2.05) is 6.07 Å². The first kappa shape index (κ1) is 13.2. The summed E-state index contributed by atoms with van der Waals surface area (Å²) >= 11 is 18.5. The topological polar surface area (TPSA) is 0 Å². The van der Waals surface area contributed by atoms with Crippen molar-refractivity contribution in [3.05, 3.63) is 32.3 Å². The third-order valence-corrected chi connectivity index (χ3v) is 3.64. The lowest BCUT2D eigenvalue weighted by molar-refractivity contribution is 0.896. The molecule has 0 radical (unpaired) electrons. The summed E-state index contributed by atoms with van der Waals surface area (Å²) in [5.41, 5.74) is 2.11. The average molecular weight is 266 g/mol. The van der Waals surface area contributed by atoms with Gasteiger partial charge in [0.25, 0.3) is 0 Å². The lowest BCUT2D eigenvalue weighted by Gasteiger charge is -2.12. The Morgan fingerprint density at radius 1 is 0.933 bits per heavy atom. The number of halogens is 3. The molecule has 0 N–H and O–H groups in total. The highest BCUT2D eigenvalue weighted by Gasteiger charge is 2.13. The van der Waals surface area contributed by atoms with Crippen molar-refractivity contribution >= 4 is 34.8 Å². The molecule has 0 fully saturated rings. The average Bonchev–Trinajstić information content (AvgIpc) is 2.21. The fourth-order valence-electron chi connectivity index (χ4n) is 1.63. The second-order valence-corrected chi connectivity index (χ2v) is 4.79. The van der Waals surface area contributed by atoms with Gasteiger partial charge >= 0.3 is 0 Å². The van der Waals surface area contributed by atoms with Crippen molar-refractivity contribution in [2.45, 2.75) is 39.5 Å². The predicted molar refractivity (Wildman–Crippen MR) is 69.5 cm³/mol. The molecular weight excluding hydrogens is 250 g/mol. The van der Waals surface area contributed by atoms with Gasteiger partial charge in [-0.05, 0) is 30.0 Å². The second kappa shape index (κ2) is 5.98. The molecule has 1 aromatic carbocycles. The number of hydrogen-bond acceptors (Lipinski definition) is 0. The van der Waals surface area contributed by atoms with E-state index in [-0.39, 0.29) is 0 Å². The lowest BCUT2D eigenvalue weighted by Crippen LogP contribution is -1.94. The van der Waals surface area contributed by atoms with Crippen molar-refractivity contribution in [3.63, 3.8) is 0 Å². The van der Waals surface area contributed by atoms with E-state index in [1.165, 1.54) is 0 Å². The van der Waals surface area contributed by atoms with Crippen molar-refractivity contribution in [1.29, 1.82) is 0 Å². The zero-order chi connectivity index (χ0) is 11.4. The van der Waals surface area contributed by atoms with Crippen LogP contribution in [0.3, 0.4) is 0 Å². The zero-order valence-corrected chi connectivity index (χ0v) is 11.3. The monoisotopic (exact) mass is 264 g/mol. The first-order valence-corrected chi connectivity index (χ1v) is 6.40. The summed E-state index contributed by atoms with van der Waals surface area (Å²) in [4.78, 5) is 0. The Balaban J connectivity index is 3.22. The van der Waals surface area contributed by atoms with E-state index in [0.717, 1.165) is 41.8 Å². The van der Waals surface area contributed by atoms with Gasteiger partial charge in [-0.3, -0.25) is 0 Å². The van der Waals surface area contributed by atoms with Crippen molar-refractivity contribution < 1.29 is 0 Å². The van der Waals surface area contributed by atoms with Crippen LogP contribution in [0.25, 0.3) is 0 Å². The number of benzene rings is 1. The molecule has 0 saturated heterocycles. The molecule has 1 aromatic rings. The number of aryl methyl sites for hydroxylation is 1. The lowest BCUT2D eigenvalue weighted by atomic mass is 10.0. The smallest absolute Gasteiger partial charge is 0.0639 e. The summed E-state index contributed by atoms with van der Waals surface area (Å²) in [6.07, 6.45) is 3.91. The summed E-state index contributed by atoms with van der Waals surface area (Å²) in [7, 11) is 0. The van der Waals surface area contributed by atoms with Crippen LogP contribution in [0.15, 0.2) is 6.07 Å². The van der Waals surface area contributed by atoms with E-state index >= 15 is 0 Å². The molecule has 15 heavy (non-hydrogen) atoms. The van der Waals surface area contributed by atoms with E-state index in [9.17, 15) is 0 Å². The summed E-state index contributed by atoms with van der Waals surface area (Å²) in [6, 6.07) is 1.88. The van der Waals surface area contributed by atoms with Crippen molar-refractivity contribution in [2.24, 2.45) is 0 Å². The van der Waals surface area contributed by atoms with E-state index in [4.69, 9.17) is 34.8 Å². The fourth-order valence-corrected chi connectivity index (χ4v) is 2.51. The van der Waals surface area contributed by atoms with E-state index < -0.39 is 0 Å². The molecule has 1 rings (SSSR count). The molecule has 0 bridgehead atoms. The first-order chi connectivity index (χ1) is 7.11. The maximum absolute atomic E-state index is 6.30. The molecule has 0 atom stereocenters. The van der Waals surface area contributed by atoms with Gasteiger partial charge in [-0.15, -0.1) is 0 Å². The summed E-state index contributed by atoms with van der Waals surface area (Å²) < 4.78 is 0. The maximum Gasteiger partial charge on any atom is 0.0639 e. The third-order valence-electron chi connectivity index (χ3n) is 2.34. The van der Waals surface area contributed by atoms with Crippen LogP contribution in [0.5, 0.6) is 0 Å². The van der Waals surface area contributed by atoms with Crippen LogP contribution >= 0.6 is 34.8 Å². The third kappa shape index (κ3) is 3.03. The summed E-state index contributed by atoms with van der Waals surface area (Å²) in [5, 5.41) is 2.03. The Morgan fingerprint density at radius 2 is 1.53 bits per heavy atom. The van der Waals surface area contributed by atoms with Crippen LogP contribution in [-0.2, 0) is 12.8 Å². The molecule has 0 aliphatic heterocycles. The molecule has 84 valence electrons. The highest BCUT2D eigenvalue weighted by Crippen LogP contribution is 2.35. The first-order valence-electron chi connectivity index (χ1n) is 5.27. The van der Waals surface area contributed by atoms with Gasteiger partial charge in [0.1, 0.15) is 0 Å². The molecule has 0 nitrogen and oxygen atoms in total. The SMILES string of the molecule is CCCc1cc(Cl)c(Cl)c(CCC)c1Cl. The Morgan fingerprint density at radius 3 is 2.07 bits per heavy atom. The van der Waals surface area contributed by atoms with Gasteiger partial charge in [-0.1, -0.05) is 61.5 Å². The van der Waals surface area contributed by atoms with Crippen molar-refractivity contribution in [2.75, 3.05) is 0 Å². The molecule has 0 aliphatic rings. The molecular formula is C12H15Cl3. The van der Waals surface area contributed by atoms with Crippen LogP contribution in [0.2, 0.25) is 15.1 Å². The minimum Gasteiger partial charge on any atom is -0.0837 e. The zero-order valence-electron chi connectivity index (χ0n) is 9.04. The quantitative estimate of drug-likeness (QED) is 0.626. The molecule has 0 aliphatic carbocycles. The van der Waals surface area contributed by atoms with E-state index in [2.05, 4.69) is 13.8 Å². The van der Waals surface area contributed by atoms with Gasteiger partial charge in [0.15, 0.2) is 0 Å². The highest BCUT2D eigenvalue weighted by molar-refractivity contribution is 6.44. The molecule has 0 heterocycles. The van der Waals surface area contributed by atoms with Crippen LogP contribution in [0.1, 0.15) is 37.8 Å². The highest BCUT2D eigenvalue weighted by atomic mass is 35.5. The number of rotatable bonds is 4. The molecule has 3 heteroatoms. The minimum absolute atomic E-state index is 0.614. The van der Waals surface area contributed by atoms with Crippen LogP contribution < -0.4 is 0 Å². The van der Waals surface area contributed by atoms with Gasteiger partial charge < -0.3 is 0 Å². The van der Waals surface area contributed by atoms with Gasteiger partial charge in [-0.2, -0.15) is 0 Å². The Kier molecular flexibility index (Phi) is 5.25. The van der Waals surface area contributed by atoms with Gasteiger partial charge in [0.2, 0.25) is 0 Å². The Labute approximate surface area is 107 Å². The van der Waals surface area contributed by atoms with Crippen LogP contribution in [-0.4, -0.2) is 0 Å². The van der Waals surface area contributed by atoms with E-state index in [0.29, 0.717) is 10.0 Å². The van der Waals surface area contributed by atoms with E-state index in [1.54, 1.807) is 0 Å². The predicted octanol–water partition coefficient (Wildman–Crippen LogP) is 5.55.